The van der Waals surface area contributed by atoms with Gasteiger partial charge in [0.15, 0.2) is 0 Å². The van der Waals surface area contributed by atoms with Crippen LogP contribution in [0.3, 0.4) is 0 Å². The fourth-order valence-electron chi connectivity index (χ4n) is 3.10. The van der Waals surface area contributed by atoms with E-state index in [1.807, 2.05) is 6.92 Å². The topological polar surface area (TPSA) is 50.3 Å². The summed E-state index contributed by atoms with van der Waals surface area (Å²) in [6.45, 7) is 2.27. The first-order valence-electron chi connectivity index (χ1n) is 7.68. The molecular formula is C16H19F3N2O2. The number of carbonyl (C=O) groups excluding carboxylic acids is 2. The van der Waals surface area contributed by atoms with Gasteiger partial charge in [-0.3, -0.25) is 9.78 Å². The van der Waals surface area contributed by atoms with E-state index in [-0.39, 0.29) is 12.0 Å². The average Bonchev–Trinajstić information content (AvgIpc) is 2.54. The molecule has 0 bridgehead atoms. The lowest BCUT2D eigenvalue weighted by Gasteiger charge is -2.39. The first kappa shape index (κ1) is 17.4. The van der Waals surface area contributed by atoms with Crippen molar-refractivity contribution in [2.24, 2.45) is 5.92 Å². The number of aldehydes is 1. The predicted octanol–water partition coefficient (Wildman–Crippen LogP) is 3.32. The van der Waals surface area contributed by atoms with Gasteiger partial charge in [0.2, 0.25) is 0 Å². The van der Waals surface area contributed by atoms with Crippen LogP contribution in [0.25, 0.3) is 0 Å². The maximum Gasteiger partial charge on any atom is 0.418 e. The zero-order valence-electron chi connectivity index (χ0n) is 12.8. The van der Waals surface area contributed by atoms with Gasteiger partial charge >= 0.3 is 6.18 Å². The predicted molar refractivity (Wildman–Crippen MR) is 77.8 cm³/mol. The molecule has 1 aromatic rings. The second-order valence-electron chi connectivity index (χ2n) is 5.69. The number of aromatic nitrogens is 1. The molecule has 2 atom stereocenters. The van der Waals surface area contributed by atoms with Gasteiger partial charge in [-0.1, -0.05) is 13.3 Å². The van der Waals surface area contributed by atoms with E-state index in [2.05, 4.69) is 4.98 Å². The maximum absolute atomic E-state index is 13.1. The number of rotatable bonds is 4. The molecule has 1 aromatic heterocycles. The third-order valence-corrected chi connectivity index (χ3v) is 4.17. The quantitative estimate of drug-likeness (QED) is 0.797. The van der Waals surface area contributed by atoms with E-state index in [1.165, 1.54) is 11.1 Å². The molecule has 7 heteroatoms. The molecule has 0 N–H and O–H groups in total. The van der Waals surface area contributed by atoms with Gasteiger partial charge in [0, 0.05) is 24.7 Å². The minimum Gasteiger partial charge on any atom is -0.334 e. The number of pyridine rings is 1. The summed E-state index contributed by atoms with van der Waals surface area (Å²) in [5, 5.41) is 0. The highest BCUT2D eigenvalue weighted by Crippen LogP contribution is 2.33. The highest BCUT2D eigenvalue weighted by atomic mass is 19.4. The average molecular weight is 328 g/mol. The van der Waals surface area contributed by atoms with Crippen molar-refractivity contribution in [1.29, 1.82) is 0 Å². The van der Waals surface area contributed by atoms with Crippen LogP contribution in [0.15, 0.2) is 18.3 Å². The van der Waals surface area contributed by atoms with Gasteiger partial charge in [-0.25, -0.2) is 0 Å². The van der Waals surface area contributed by atoms with E-state index < -0.39 is 23.3 Å². The number of nitrogens with zero attached hydrogens (tertiary/aromatic N) is 2. The summed E-state index contributed by atoms with van der Waals surface area (Å²) in [7, 11) is 0. The van der Waals surface area contributed by atoms with Crippen LogP contribution in [-0.4, -0.2) is 34.7 Å². The second kappa shape index (κ2) is 7.10. The number of carbonyl (C=O) groups is 2. The molecule has 4 nitrogen and oxygen atoms in total. The molecule has 126 valence electrons. The molecule has 1 aliphatic heterocycles. The lowest BCUT2D eigenvalue weighted by molar-refractivity contribution is -0.138. The minimum atomic E-state index is -4.64. The van der Waals surface area contributed by atoms with Gasteiger partial charge < -0.3 is 9.69 Å². The van der Waals surface area contributed by atoms with Crippen molar-refractivity contribution in [3.05, 3.63) is 29.6 Å². The van der Waals surface area contributed by atoms with Crippen molar-refractivity contribution in [3.63, 3.8) is 0 Å². The van der Waals surface area contributed by atoms with E-state index in [1.54, 1.807) is 0 Å². The summed E-state index contributed by atoms with van der Waals surface area (Å²) in [4.78, 5) is 29.0. The van der Waals surface area contributed by atoms with Crippen molar-refractivity contribution < 1.29 is 22.8 Å². The molecule has 1 fully saturated rings. The van der Waals surface area contributed by atoms with Gasteiger partial charge in [0.05, 0.1) is 5.56 Å². The van der Waals surface area contributed by atoms with Crippen LogP contribution < -0.4 is 0 Å². The summed E-state index contributed by atoms with van der Waals surface area (Å²) in [6, 6.07) is 1.66. The van der Waals surface area contributed by atoms with E-state index in [0.717, 1.165) is 24.8 Å². The molecular weight excluding hydrogens is 309 g/mol. The van der Waals surface area contributed by atoms with Crippen LogP contribution in [0.4, 0.5) is 13.2 Å². The first-order chi connectivity index (χ1) is 10.9. The molecule has 2 rings (SSSR count). The molecule has 0 aliphatic carbocycles. The van der Waals surface area contributed by atoms with E-state index >= 15 is 0 Å². The first-order valence-corrected chi connectivity index (χ1v) is 7.68. The second-order valence-corrected chi connectivity index (χ2v) is 5.69. The van der Waals surface area contributed by atoms with E-state index in [4.69, 9.17) is 0 Å². The van der Waals surface area contributed by atoms with Crippen molar-refractivity contribution in [3.8, 4) is 0 Å². The van der Waals surface area contributed by atoms with Crippen LogP contribution in [0, 0.1) is 5.92 Å². The molecule has 0 aromatic carbocycles. The Hall–Kier alpha value is -1.92. The Bertz CT molecular complexity index is 575. The SMILES string of the molecule is CCCC1C(C=O)CCCN1C(=O)c1ncccc1C(F)(F)F. The summed E-state index contributed by atoms with van der Waals surface area (Å²) in [6.07, 6.45) is -0.0625. The standard InChI is InChI=1S/C16H19F3N2O2/c1-2-5-13-11(10-22)6-4-9-21(13)15(23)14-12(16(17,18)19)7-3-8-20-14/h3,7-8,10-11,13H,2,4-6,9H2,1H3. The summed E-state index contributed by atoms with van der Waals surface area (Å²) in [5.41, 5.74) is -1.62. The largest absolute Gasteiger partial charge is 0.418 e. The number of alkyl halides is 3. The highest BCUT2D eigenvalue weighted by Gasteiger charge is 2.40. The Morgan fingerprint density at radius 3 is 2.83 bits per heavy atom. The molecule has 0 saturated carbocycles. The van der Waals surface area contributed by atoms with Crippen LogP contribution in [0.5, 0.6) is 0 Å². The molecule has 2 heterocycles. The molecule has 2 unspecified atom stereocenters. The van der Waals surface area contributed by atoms with Crippen LogP contribution in [0.2, 0.25) is 0 Å². The zero-order chi connectivity index (χ0) is 17.0. The smallest absolute Gasteiger partial charge is 0.334 e. The third kappa shape index (κ3) is 3.71. The molecule has 1 aliphatic rings. The Labute approximate surface area is 132 Å². The molecule has 0 spiro atoms. The molecule has 1 amide bonds. The summed E-state index contributed by atoms with van der Waals surface area (Å²) in [5.74, 6) is -1.08. The number of likely N-dealkylation sites (tertiary alicyclic amines) is 1. The van der Waals surface area contributed by atoms with Crippen LogP contribution >= 0.6 is 0 Å². The van der Waals surface area contributed by atoms with Crippen LogP contribution in [0.1, 0.15) is 48.7 Å². The van der Waals surface area contributed by atoms with Gasteiger partial charge in [-0.15, -0.1) is 0 Å². The lowest BCUT2D eigenvalue weighted by atomic mass is 9.87. The van der Waals surface area contributed by atoms with E-state index in [0.29, 0.717) is 25.8 Å². The van der Waals surface area contributed by atoms with Crippen LogP contribution in [-0.2, 0) is 11.0 Å². The van der Waals surface area contributed by atoms with Crippen molar-refractivity contribution in [1.82, 2.24) is 9.88 Å². The molecule has 0 radical (unpaired) electrons. The van der Waals surface area contributed by atoms with Gasteiger partial charge in [0.1, 0.15) is 12.0 Å². The fraction of sp³-hybridized carbons (Fsp3) is 0.562. The van der Waals surface area contributed by atoms with Gasteiger partial charge in [0.25, 0.3) is 5.91 Å². The summed E-state index contributed by atoms with van der Waals surface area (Å²) < 4.78 is 39.3. The molecule has 23 heavy (non-hydrogen) atoms. The third-order valence-electron chi connectivity index (χ3n) is 4.17. The van der Waals surface area contributed by atoms with Crippen molar-refractivity contribution in [2.75, 3.05) is 6.54 Å². The van der Waals surface area contributed by atoms with Gasteiger partial charge in [-0.2, -0.15) is 13.2 Å². The normalized spacial score (nSPS) is 22.0. The Morgan fingerprint density at radius 2 is 2.22 bits per heavy atom. The minimum absolute atomic E-state index is 0.328. The number of halogens is 3. The number of hydrogen-bond donors (Lipinski definition) is 0. The zero-order valence-corrected chi connectivity index (χ0v) is 12.8. The number of hydrogen-bond acceptors (Lipinski definition) is 3. The van der Waals surface area contributed by atoms with Gasteiger partial charge in [-0.05, 0) is 31.4 Å². The van der Waals surface area contributed by atoms with E-state index in [9.17, 15) is 22.8 Å². The Balaban J connectivity index is 2.37. The fourth-order valence-corrected chi connectivity index (χ4v) is 3.10. The molecule has 1 saturated heterocycles. The Kier molecular flexibility index (Phi) is 5.38. The Morgan fingerprint density at radius 1 is 1.48 bits per heavy atom. The number of amides is 1. The number of piperidine rings is 1. The van der Waals surface area contributed by atoms with Crippen molar-refractivity contribution >= 4 is 12.2 Å². The summed E-state index contributed by atoms with van der Waals surface area (Å²) >= 11 is 0. The monoisotopic (exact) mass is 328 g/mol. The maximum atomic E-state index is 13.1. The highest BCUT2D eigenvalue weighted by molar-refractivity contribution is 5.94. The van der Waals surface area contributed by atoms with Crippen molar-refractivity contribution in [2.45, 2.75) is 44.8 Å². The lowest BCUT2D eigenvalue weighted by Crippen LogP contribution is -2.49.